The van der Waals surface area contributed by atoms with Crippen LogP contribution in [0.15, 0.2) is 0 Å². The van der Waals surface area contributed by atoms with Gasteiger partial charge in [0.25, 0.3) is 0 Å². The minimum atomic E-state index is -1.02. The lowest BCUT2D eigenvalue weighted by Crippen LogP contribution is -2.32. The van der Waals surface area contributed by atoms with Crippen LogP contribution in [0.5, 0.6) is 0 Å². The van der Waals surface area contributed by atoms with Gasteiger partial charge in [-0.2, -0.15) is 0 Å². The van der Waals surface area contributed by atoms with Crippen molar-refractivity contribution in [1.29, 1.82) is 0 Å². The summed E-state index contributed by atoms with van der Waals surface area (Å²) in [4.78, 5) is 21.9. The highest BCUT2D eigenvalue weighted by Crippen LogP contribution is 2.30. The van der Waals surface area contributed by atoms with Crippen LogP contribution in [0.25, 0.3) is 0 Å². The molecule has 0 aromatic carbocycles. The van der Waals surface area contributed by atoms with Gasteiger partial charge in [0.15, 0.2) is 0 Å². The van der Waals surface area contributed by atoms with E-state index in [1.807, 2.05) is 20.8 Å². The Labute approximate surface area is 90.3 Å². The number of carbonyl (C=O) groups is 2. The van der Waals surface area contributed by atoms with Crippen LogP contribution in [0.1, 0.15) is 40.5 Å². The summed E-state index contributed by atoms with van der Waals surface area (Å²) in [6.45, 7) is 7.45. The van der Waals surface area contributed by atoms with Gasteiger partial charge in [-0.05, 0) is 18.3 Å². The second-order valence-corrected chi connectivity index (χ2v) is 5.06. The fourth-order valence-electron chi connectivity index (χ4n) is 1.69. The first-order valence-corrected chi connectivity index (χ1v) is 5.14. The Morgan fingerprint density at radius 3 is 1.67 bits per heavy atom. The molecule has 0 aromatic heterocycles. The number of aliphatic carboxylic acids is 2. The molecular formula is C11H20O4. The molecule has 4 nitrogen and oxygen atoms in total. The second kappa shape index (κ2) is 5.14. The van der Waals surface area contributed by atoms with Crippen LogP contribution in [0.4, 0.5) is 0 Å². The molecule has 4 heteroatoms. The van der Waals surface area contributed by atoms with Crippen LogP contribution < -0.4 is 0 Å². The lowest BCUT2D eigenvalue weighted by Gasteiger charge is -2.26. The van der Waals surface area contributed by atoms with E-state index in [1.165, 1.54) is 0 Å². The molecule has 0 aliphatic carbocycles. The standard InChI is InChI=1S/C11H20O4/c1-5-7(9(12)13)8(10(14)15)6-11(2,3)4/h7-8H,5-6H2,1-4H3,(H,12,13)(H,14,15). The van der Waals surface area contributed by atoms with Gasteiger partial charge in [0.2, 0.25) is 0 Å². The van der Waals surface area contributed by atoms with E-state index in [2.05, 4.69) is 0 Å². The Balaban J connectivity index is 4.79. The van der Waals surface area contributed by atoms with Crippen molar-refractivity contribution in [2.24, 2.45) is 17.3 Å². The van der Waals surface area contributed by atoms with E-state index in [-0.39, 0.29) is 5.41 Å². The fraction of sp³-hybridized carbons (Fsp3) is 0.818. The maximum absolute atomic E-state index is 11.0. The molecule has 0 saturated carbocycles. The minimum Gasteiger partial charge on any atom is -0.481 e. The van der Waals surface area contributed by atoms with Gasteiger partial charge in [-0.1, -0.05) is 27.7 Å². The summed E-state index contributed by atoms with van der Waals surface area (Å²) >= 11 is 0. The van der Waals surface area contributed by atoms with Gasteiger partial charge in [-0.25, -0.2) is 0 Å². The highest BCUT2D eigenvalue weighted by molar-refractivity contribution is 5.79. The molecule has 0 aliphatic rings. The van der Waals surface area contributed by atoms with Crippen LogP contribution in [0.3, 0.4) is 0 Å². The van der Waals surface area contributed by atoms with Crippen molar-refractivity contribution in [2.75, 3.05) is 0 Å². The summed E-state index contributed by atoms with van der Waals surface area (Å²) in [5, 5.41) is 17.9. The lowest BCUT2D eigenvalue weighted by atomic mass is 9.77. The summed E-state index contributed by atoms with van der Waals surface area (Å²) in [5.74, 6) is -3.62. The van der Waals surface area contributed by atoms with Gasteiger partial charge in [-0.15, -0.1) is 0 Å². The zero-order chi connectivity index (χ0) is 12.2. The normalized spacial score (nSPS) is 15.7. The molecule has 0 spiro atoms. The average Bonchev–Trinajstić information content (AvgIpc) is 2.00. The van der Waals surface area contributed by atoms with Gasteiger partial charge >= 0.3 is 11.9 Å². The van der Waals surface area contributed by atoms with Crippen LogP contribution in [-0.2, 0) is 9.59 Å². The van der Waals surface area contributed by atoms with E-state index in [0.29, 0.717) is 12.8 Å². The zero-order valence-electron chi connectivity index (χ0n) is 9.78. The first kappa shape index (κ1) is 13.9. The van der Waals surface area contributed by atoms with Crippen molar-refractivity contribution >= 4 is 11.9 Å². The molecule has 88 valence electrons. The van der Waals surface area contributed by atoms with Crippen LogP contribution in [0, 0.1) is 17.3 Å². The number of hydrogen-bond acceptors (Lipinski definition) is 2. The van der Waals surface area contributed by atoms with E-state index in [4.69, 9.17) is 10.2 Å². The van der Waals surface area contributed by atoms with E-state index >= 15 is 0 Å². The van der Waals surface area contributed by atoms with Crippen LogP contribution in [-0.4, -0.2) is 22.2 Å². The maximum atomic E-state index is 11.0. The summed E-state index contributed by atoms with van der Waals surface area (Å²) in [7, 11) is 0. The largest absolute Gasteiger partial charge is 0.481 e. The lowest BCUT2D eigenvalue weighted by molar-refractivity contribution is -0.155. The monoisotopic (exact) mass is 216 g/mol. The number of carboxylic acid groups (broad SMARTS) is 2. The topological polar surface area (TPSA) is 74.6 Å². The molecule has 0 fully saturated rings. The Kier molecular flexibility index (Phi) is 4.78. The Bertz CT molecular complexity index is 239. The van der Waals surface area contributed by atoms with Crippen molar-refractivity contribution in [1.82, 2.24) is 0 Å². The molecule has 0 aromatic rings. The SMILES string of the molecule is CCC(C(=O)O)C(CC(C)(C)C)C(=O)O. The summed E-state index contributed by atoms with van der Waals surface area (Å²) in [6, 6.07) is 0. The van der Waals surface area contributed by atoms with E-state index < -0.39 is 23.8 Å². The van der Waals surface area contributed by atoms with Crippen molar-refractivity contribution in [3.05, 3.63) is 0 Å². The van der Waals surface area contributed by atoms with Gasteiger partial charge in [-0.3, -0.25) is 9.59 Å². The number of carboxylic acids is 2. The zero-order valence-corrected chi connectivity index (χ0v) is 9.78. The molecule has 0 saturated heterocycles. The highest BCUT2D eigenvalue weighted by Gasteiger charge is 2.35. The molecular weight excluding hydrogens is 196 g/mol. The van der Waals surface area contributed by atoms with Crippen LogP contribution >= 0.6 is 0 Å². The quantitative estimate of drug-likeness (QED) is 0.739. The molecule has 0 heterocycles. The molecule has 0 amide bonds. The summed E-state index contributed by atoms with van der Waals surface area (Å²) in [6.07, 6.45) is 0.732. The molecule has 0 rings (SSSR count). The third kappa shape index (κ3) is 4.81. The van der Waals surface area contributed by atoms with Crippen molar-refractivity contribution in [3.63, 3.8) is 0 Å². The van der Waals surface area contributed by atoms with Gasteiger partial charge in [0.05, 0.1) is 11.8 Å². The predicted molar refractivity (Wildman–Crippen MR) is 56.6 cm³/mol. The first-order chi connectivity index (χ1) is 6.69. The van der Waals surface area contributed by atoms with Crippen molar-refractivity contribution in [3.8, 4) is 0 Å². The van der Waals surface area contributed by atoms with Crippen LogP contribution in [0.2, 0.25) is 0 Å². The average molecular weight is 216 g/mol. The fourth-order valence-corrected chi connectivity index (χ4v) is 1.69. The molecule has 2 atom stereocenters. The minimum absolute atomic E-state index is 0.175. The molecule has 2 N–H and O–H groups in total. The van der Waals surface area contributed by atoms with Gasteiger partial charge < -0.3 is 10.2 Å². The Hall–Kier alpha value is -1.06. The molecule has 2 unspecified atom stereocenters. The van der Waals surface area contributed by atoms with Crippen molar-refractivity contribution < 1.29 is 19.8 Å². The number of hydrogen-bond donors (Lipinski definition) is 2. The highest BCUT2D eigenvalue weighted by atomic mass is 16.4. The second-order valence-electron chi connectivity index (χ2n) is 5.06. The molecule has 0 aliphatic heterocycles. The predicted octanol–water partition coefficient (Wildman–Crippen LogP) is 2.23. The maximum Gasteiger partial charge on any atom is 0.307 e. The van der Waals surface area contributed by atoms with E-state index in [0.717, 1.165) is 0 Å². The van der Waals surface area contributed by atoms with E-state index in [9.17, 15) is 9.59 Å². The van der Waals surface area contributed by atoms with Gasteiger partial charge in [0.1, 0.15) is 0 Å². The first-order valence-electron chi connectivity index (χ1n) is 5.14. The molecule has 0 radical (unpaired) electrons. The Morgan fingerprint density at radius 2 is 1.47 bits per heavy atom. The molecule has 0 bridgehead atoms. The Morgan fingerprint density at radius 1 is 1.07 bits per heavy atom. The van der Waals surface area contributed by atoms with E-state index in [1.54, 1.807) is 6.92 Å². The number of rotatable bonds is 5. The summed E-state index contributed by atoms with van der Waals surface area (Å²) < 4.78 is 0. The third-order valence-electron chi connectivity index (χ3n) is 2.39. The third-order valence-corrected chi connectivity index (χ3v) is 2.39. The summed E-state index contributed by atoms with van der Waals surface area (Å²) in [5.41, 5.74) is -0.175. The van der Waals surface area contributed by atoms with Gasteiger partial charge in [0, 0.05) is 0 Å². The smallest absolute Gasteiger partial charge is 0.307 e. The molecule has 15 heavy (non-hydrogen) atoms. The van der Waals surface area contributed by atoms with Crippen molar-refractivity contribution in [2.45, 2.75) is 40.5 Å².